The van der Waals surface area contributed by atoms with Gasteiger partial charge in [0.25, 0.3) is 11.8 Å². The summed E-state index contributed by atoms with van der Waals surface area (Å²) in [6, 6.07) is 13.5. The highest BCUT2D eigenvalue weighted by Crippen LogP contribution is 2.36. The normalized spacial score (nSPS) is 19.7. The molecule has 1 amide bonds. The lowest BCUT2D eigenvalue weighted by Gasteiger charge is -2.25. The van der Waals surface area contributed by atoms with E-state index in [9.17, 15) is 4.79 Å². The fourth-order valence-electron chi connectivity index (χ4n) is 3.41. The molecule has 4 rings (SSSR count). The lowest BCUT2D eigenvalue weighted by molar-refractivity contribution is -0.127. The van der Waals surface area contributed by atoms with Crippen molar-refractivity contribution in [2.45, 2.75) is 12.5 Å². The van der Waals surface area contributed by atoms with Gasteiger partial charge < -0.3 is 14.7 Å². The third-order valence-electron chi connectivity index (χ3n) is 4.71. The molecule has 26 heavy (non-hydrogen) atoms. The molecule has 0 unspecified atom stereocenters. The number of amides is 1. The second-order valence-corrected chi connectivity index (χ2v) is 6.36. The first-order valence-electron chi connectivity index (χ1n) is 8.51. The first kappa shape index (κ1) is 16.3. The van der Waals surface area contributed by atoms with E-state index in [2.05, 4.69) is 20.4 Å². The largest absolute Gasteiger partial charge is 0.351 e. The Morgan fingerprint density at radius 1 is 1.19 bits per heavy atom. The third-order valence-corrected chi connectivity index (χ3v) is 4.71. The molecule has 3 aromatic rings. The van der Waals surface area contributed by atoms with Gasteiger partial charge in [0.2, 0.25) is 5.91 Å². The number of carbonyl (C=O) groups is 1. The SMILES string of the molecule is CN1C(=O)C[C@@H](CNc2noc(-c3ccccc3)n2)[C@@H]1c1ccncc1. The summed E-state index contributed by atoms with van der Waals surface area (Å²) in [5.41, 5.74) is 1.96. The number of likely N-dealkylation sites (tertiary alicyclic amines) is 1. The Hall–Kier alpha value is -3.22. The smallest absolute Gasteiger partial charge is 0.263 e. The van der Waals surface area contributed by atoms with E-state index in [0.717, 1.165) is 11.1 Å². The van der Waals surface area contributed by atoms with Crippen LogP contribution in [0.5, 0.6) is 0 Å². The fourth-order valence-corrected chi connectivity index (χ4v) is 3.41. The number of anilines is 1. The summed E-state index contributed by atoms with van der Waals surface area (Å²) in [5, 5.41) is 7.19. The molecule has 132 valence electrons. The minimum atomic E-state index is 0.0125. The van der Waals surface area contributed by atoms with Crippen molar-refractivity contribution < 1.29 is 9.32 Å². The van der Waals surface area contributed by atoms with Gasteiger partial charge in [0.15, 0.2) is 0 Å². The molecule has 1 fully saturated rings. The van der Waals surface area contributed by atoms with Gasteiger partial charge in [-0.2, -0.15) is 4.98 Å². The summed E-state index contributed by atoms with van der Waals surface area (Å²) in [6.07, 6.45) is 3.99. The van der Waals surface area contributed by atoms with Crippen molar-refractivity contribution in [1.82, 2.24) is 20.0 Å². The van der Waals surface area contributed by atoms with Crippen molar-refractivity contribution in [3.05, 3.63) is 60.4 Å². The number of carbonyl (C=O) groups excluding carboxylic acids is 1. The molecule has 0 aliphatic carbocycles. The number of benzene rings is 1. The van der Waals surface area contributed by atoms with E-state index >= 15 is 0 Å². The molecular formula is C19H19N5O2. The van der Waals surface area contributed by atoms with E-state index in [1.165, 1.54) is 0 Å². The Labute approximate surface area is 151 Å². The summed E-state index contributed by atoms with van der Waals surface area (Å²) in [7, 11) is 1.84. The van der Waals surface area contributed by atoms with Crippen LogP contribution < -0.4 is 5.32 Å². The van der Waals surface area contributed by atoms with E-state index in [1.807, 2.05) is 49.5 Å². The topological polar surface area (TPSA) is 84.2 Å². The molecule has 1 aromatic carbocycles. The van der Waals surface area contributed by atoms with Gasteiger partial charge in [0.1, 0.15) is 0 Å². The van der Waals surface area contributed by atoms with Crippen molar-refractivity contribution in [3.63, 3.8) is 0 Å². The van der Waals surface area contributed by atoms with Gasteiger partial charge in [-0.15, -0.1) is 0 Å². The van der Waals surface area contributed by atoms with Crippen LogP contribution in [0.1, 0.15) is 18.0 Å². The zero-order valence-corrected chi connectivity index (χ0v) is 14.4. The average molecular weight is 349 g/mol. The van der Waals surface area contributed by atoms with E-state index in [0.29, 0.717) is 24.8 Å². The molecule has 7 nitrogen and oxygen atoms in total. The monoisotopic (exact) mass is 349 g/mol. The summed E-state index contributed by atoms with van der Waals surface area (Å²) >= 11 is 0. The molecule has 2 aromatic heterocycles. The number of nitrogens with zero attached hydrogens (tertiary/aromatic N) is 4. The number of rotatable bonds is 5. The van der Waals surface area contributed by atoms with E-state index in [-0.39, 0.29) is 17.9 Å². The average Bonchev–Trinajstić information content (AvgIpc) is 3.26. The van der Waals surface area contributed by atoms with Gasteiger partial charge >= 0.3 is 0 Å². The van der Waals surface area contributed by atoms with Crippen molar-refractivity contribution in [1.29, 1.82) is 0 Å². The molecule has 3 heterocycles. The first-order valence-corrected chi connectivity index (χ1v) is 8.51. The molecule has 1 saturated heterocycles. The zero-order chi connectivity index (χ0) is 17.9. The van der Waals surface area contributed by atoms with Gasteiger partial charge in [-0.1, -0.05) is 18.2 Å². The molecule has 0 spiro atoms. The van der Waals surface area contributed by atoms with Crippen molar-refractivity contribution in [2.24, 2.45) is 5.92 Å². The molecule has 0 saturated carbocycles. The molecule has 1 aliphatic rings. The van der Waals surface area contributed by atoms with Crippen LogP contribution in [-0.4, -0.2) is 39.5 Å². The summed E-state index contributed by atoms with van der Waals surface area (Å²) < 4.78 is 5.31. The van der Waals surface area contributed by atoms with Crippen LogP contribution in [-0.2, 0) is 4.79 Å². The third kappa shape index (κ3) is 3.15. The Morgan fingerprint density at radius 2 is 1.96 bits per heavy atom. The van der Waals surface area contributed by atoms with Crippen LogP contribution in [0.2, 0.25) is 0 Å². The van der Waals surface area contributed by atoms with Crippen molar-refractivity contribution in [2.75, 3.05) is 18.9 Å². The first-order chi connectivity index (χ1) is 12.7. The predicted molar refractivity (Wildman–Crippen MR) is 96.1 cm³/mol. The molecule has 7 heteroatoms. The van der Waals surface area contributed by atoms with Crippen molar-refractivity contribution >= 4 is 11.9 Å². The summed E-state index contributed by atoms with van der Waals surface area (Å²) in [5.74, 6) is 1.16. The molecular weight excluding hydrogens is 330 g/mol. The van der Waals surface area contributed by atoms with Gasteiger partial charge in [0, 0.05) is 43.9 Å². The lowest BCUT2D eigenvalue weighted by Crippen LogP contribution is -2.26. The number of hydrogen-bond donors (Lipinski definition) is 1. The fraction of sp³-hybridized carbons (Fsp3) is 0.263. The van der Waals surface area contributed by atoms with Crippen LogP contribution >= 0.6 is 0 Å². The quantitative estimate of drug-likeness (QED) is 0.762. The minimum absolute atomic E-state index is 0.0125. The zero-order valence-electron chi connectivity index (χ0n) is 14.4. The number of aromatic nitrogens is 3. The maximum atomic E-state index is 12.2. The molecule has 1 N–H and O–H groups in total. The molecule has 2 atom stereocenters. The molecule has 0 bridgehead atoms. The van der Waals surface area contributed by atoms with E-state index in [1.54, 1.807) is 17.3 Å². The van der Waals surface area contributed by atoms with Crippen LogP contribution in [0.25, 0.3) is 11.5 Å². The maximum Gasteiger partial charge on any atom is 0.263 e. The van der Waals surface area contributed by atoms with Crippen LogP contribution in [0.4, 0.5) is 5.95 Å². The maximum absolute atomic E-state index is 12.2. The Balaban J connectivity index is 1.47. The highest BCUT2D eigenvalue weighted by molar-refractivity contribution is 5.79. The summed E-state index contributed by atoms with van der Waals surface area (Å²) in [4.78, 5) is 22.4. The van der Waals surface area contributed by atoms with E-state index < -0.39 is 0 Å². The summed E-state index contributed by atoms with van der Waals surface area (Å²) in [6.45, 7) is 0.580. The second kappa shape index (κ2) is 6.95. The minimum Gasteiger partial charge on any atom is -0.351 e. The standard InChI is InChI=1S/C19H19N5O2/c1-24-16(25)11-15(17(24)13-7-9-20-10-8-13)12-21-19-22-18(26-23-19)14-5-3-2-4-6-14/h2-10,15,17H,11-12H2,1H3,(H,21,23)/t15-,17-/m0/s1. The highest BCUT2D eigenvalue weighted by atomic mass is 16.5. The van der Waals surface area contributed by atoms with Crippen LogP contribution in [0, 0.1) is 5.92 Å². The Kier molecular flexibility index (Phi) is 4.35. The van der Waals surface area contributed by atoms with Gasteiger partial charge in [-0.25, -0.2) is 0 Å². The second-order valence-electron chi connectivity index (χ2n) is 6.36. The van der Waals surface area contributed by atoms with Gasteiger partial charge in [-0.05, 0) is 35.0 Å². The van der Waals surface area contributed by atoms with Crippen LogP contribution in [0.3, 0.4) is 0 Å². The molecule has 1 aliphatic heterocycles. The van der Waals surface area contributed by atoms with Crippen LogP contribution in [0.15, 0.2) is 59.4 Å². The Morgan fingerprint density at radius 3 is 2.73 bits per heavy atom. The van der Waals surface area contributed by atoms with Gasteiger partial charge in [0.05, 0.1) is 6.04 Å². The lowest BCUT2D eigenvalue weighted by atomic mass is 9.94. The van der Waals surface area contributed by atoms with Crippen molar-refractivity contribution in [3.8, 4) is 11.5 Å². The van der Waals surface area contributed by atoms with Gasteiger partial charge in [-0.3, -0.25) is 9.78 Å². The highest BCUT2D eigenvalue weighted by Gasteiger charge is 2.38. The number of pyridine rings is 1. The number of hydrogen-bond acceptors (Lipinski definition) is 6. The number of nitrogens with one attached hydrogen (secondary N) is 1. The van der Waals surface area contributed by atoms with E-state index in [4.69, 9.17) is 4.52 Å². The Bertz CT molecular complexity index is 881. The predicted octanol–water partition coefficient (Wildman–Crippen LogP) is 2.76. The molecule has 0 radical (unpaired) electrons.